The maximum atomic E-state index is 12.3. The number of hydrogen-bond acceptors (Lipinski definition) is 5. The van der Waals surface area contributed by atoms with Crippen molar-refractivity contribution in [1.82, 2.24) is 4.98 Å². The number of anilines is 1. The number of carbonyl (C=O) groups excluding carboxylic acids is 2. The molecule has 1 heterocycles. The Kier molecular flexibility index (Phi) is 6.75. The van der Waals surface area contributed by atoms with Gasteiger partial charge in [-0.2, -0.15) is 0 Å². The summed E-state index contributed by atoms with van der Waals surface area (Å²) >= 11 is 11.6. The van der Waals surface area contributed by atoms with E-state index >= 15 is 0 Å². The summed E-state index contributed by atoms with van der Waals surface area (Å²) in [4.78, 5) is 27.7. The van der Waals surface area contributed by atoms with E-state index in [9.17, 15) is 9.59 Å². The zero-order chi connectivity index (χ0) is 18.4. The van der Waals surface area contributed by atoms with Gasteiger partial charge in [0.2, 0.25) is 0 Å². The summed E-state index contributed by atoms with van der Waals surface area (Å²) in [6.45, 7) is 2.00. The Hall–Kier alpha value is -2.15. The van der Waals surface area contributed by atoms with Crippen LogP contribution < -0.4 is 11.1 Å². The molecular weight excluding hydrogens is 365 g/mol. The predicted octanol–water partition coefficient (Wildman–Crippen LogP) is 3.07. The zero-order valence-corrected chi connectivity index (χ0v) is 15.0. The van der Waals surface area contributed by atoms with Crippen LogP contribution in [0.25, 0.3) is 0 Å². The molecule has 0 saturated heterocycles. The summed E-state index contributed by atoms with van der Waals surface area (Å²) in [5.74, 6) is -0.837. The van der Waals surface area contributed by atoms with E-state index in [4.69, 9.17) is 33.7 Å². The lowest BCUT2D eigenvalue weighted by molar-refractivity contribution is -0.144. The van der Waals surface area contributed by atoms with Gasteiger partial charge >= 0.3 is 5.97 Å². The summed E-state index contributed by atoms with van der Waals surface area (Å²) < 4.78 is 4.89. The topological polar surface area (TPSA) is 94.3 Å². The van der Waals surface area contributed by atoms with Crippen LogP contribution in [0.5, 0.6) is 0 Å². The smallest absolute Gasteiger partial charge is 0.323 e. The van der Waals surface area contributed by atoms with Crippen LogP contribution in [0.4, 0.5) is 5.69 Å². The van der Waals surface area contributed by atoms with Gasteiger partial charge in [0.1, 0.15) is 16.3 Å². The molecule has 0 radical (unpaired) electrons. The highest BCUT2D eigenvalue weighted by molar-refractivity contribution is 6.33. The molecule has 0 aliphatic heterocycles. The number of pyridine rings is 1. The molecule has 0 bridgehead atoms. The first-order chi connectivity index (χ1) is 11.9. The Labute approximate surface area is 155 Å². The van der Waals surface area contributed by atoms with Crippen LogP contribution in [0.1, 0.15) is 22.8 Å². The van der Waals surface area contributed by atoms with Gasteiger partial charge in [-0.1, -0.05) is 35.3 Å². The number of rotatable bonds is 6. The van der Waals surface area contributed by atoms with Crippen molar-refractivity contribution in [3.8, 4) is 0 Å². The van der Waals surface area contributed by atoms with Gasteiger partial charge in [-0.05, 0) is 43.2 Å². The third-order valence-electron chi connectivity index (χ3n) is 3.25. The number of benzene rings is 1. The second-order valence-corrected chi connectivity index (χ2v) is 5.99. The Morgan fingerprint density at radius 2 is 1.92 bits per heavy atom. The van der Waals surface area contributed by atoms with Crippen molar-refractivity contribution in [2.45, 2.75) is 19.4 Å². The highest BCUT2D eigenvalue weighted by atomic mass is 35.5. The van der Waals surface area contributed by atoms with Gasteiger partial charge < -0.3 is 15.8 Å². The largest absolute Gasteiger partial charge is 0.465 e. The maximum Gasteiger partial charge on any atom is 0.323 e. The highest BCUT2D eigenvalue weighted by Gasteiger charge is 2.15. The van der Waals surface area contributed by atoms with Crippen LogP contribution in [0.3, 0.4) is 0 Å². The normalized spacial score (nSPS) is 11.7. The summed E-state index contributed by atoms with van der Waals surface area (Å²) in [5.41, 5.74) is 7.46. The third-order valence-corrected chi connectivity index (χ3v) is 3.64. The van der Waals surface area contributed by atoms with Gasteiger partial charge in [0, 0.05) is 11.3 Å². The van der Waals surface area contributed by atoms with E-state index in [0.717, 1.165) is 5.56 Å². The van der Waals surface area contributed by atoms with E-state index in [1.165, 1.54) is 12.1 Å². The standard InChI is InChI=1S/C17H17Cl2N3O3/c1-2-25-17(24)13(20)7-10-4-3-5-12(6-10)21-16(23)11-8-14(18)22-15(19)9-11/h3-6,8-9,13H,2,7,20H2,1H3,(H,21,23). The number of halogens is 2. The first-order valence-corrected chi connectivity index (χ1v) is 8.30. The minimum absolute atomic E-state index is 0.131. The molecule has 0 fully saturated rings. The lowest BCUT2D eigenvalue weighted by atomic mass is 10.1. The van der Waals surface area contributed by atoms with Gasteiger partial charge in [0.15, 0.2) is 0 Å². The molecule has 1 amide bonds. The molecule has 2 aromatic rings. The fourth-order valence-corrected chi connectivity index (χ4v) is 2.62. The van der Waals surface area contributed by atoms with E-state index in [1.54, 1.807) is 25.1 Å². The lowest BCUT2D eigenvalue weighted by Gasteiger charge is -2.12. The Morgan fingerprint density at radius 1 is 1.24 bits per heavy atom. The van der Waals surface area contributed by atoms with Crippen molar-refractivity contribution in [3.05, 3.63) is 57.8 Å². The molecule has 1 aromatic carbocycles. The maximum absolute atomic E-state index is 12.3. The molecule has 0 spiro atoms. The monoisotopic (exact) mass is 381 g/mol. The number of aromatic nitrogens is 1. The predicted molar refractivity (Wildman–Crippen MR) is 97.0 cm³/mol. The van der Waals surface area contributed by atoms with Crippen molar-refractivity contribution in [3.63, 3.8) is 0 Å². The molecule has 3 N–H and O–H groups in total. The molecule has 1 aromatic heterocycles. The SMILES string of the molecule is CCOC(=O)C(N)Cc1cccc(NC(=O)c2cc(Cl)nc(Cl)c2)c1. The molecule has 8 heteroatoms. The van der Waals surface area contributed by atoms with Crippen LogP contribution in [0.2, 0.25) is 10.3 Å². The quantitative estimate of drug-likeness (QED) is 0.592. The molecule has 25 heavy (non-hydrogen) atoms. The van der Waals surface area contributed by atoms with Crippen LogP contribution >= 0.6 is 23.2 Å². The summed E-state index contributed by atoms with van der Waals surface area (Å²) in [5, 5.41) is 3.00. The molecule has 6 nitrogen and oxygen atoms in total. The van der Waals surface area contributed by atoms with Crippen molar-refractivity contribution >= 4 is 40.8 Å². The van der Waals surface area contributed by atoms with E-state index in [-0.39, 0.29) is 22.8 Å². The number of esters is 1. The third kappa shape index (κ3) is 5.70. The molecular formula is C17H17Cl2N3O3. The number of amides is 1. The minimum atomic E-state index is -0.760. The molecule has 1 unspecified atom stereocenters. The van der Waals surface area contributed by atoms with E-state index < -0.39 is 12.0 Å². The van der Waals surface area contributed by atoms with Crippen LogP contribution in [0, 0.1) is 0 Å². The van der Waals surface area contributed by atoms with E-state index in [2.05, 4.69) is 10.3 Å². The van der Waals surface area contributed by atoms with Gasteiger partial charge in [-0.15, -0.1) is 0 Å². The van der Waals surface area contributed by atoms with Crippen LogP contribution in [-0.2, 0) is 16.0 Å². The van der Waals surface area contributed by atoms with Crippen LogP contribution in [0.15, 0.2) is 36.4 Å². The summed E-state index contributed by atoms with van der Waals surface area (Å²) in [7, 11) is 0. The van der Waals surface area contributed by atoms with Crippen molar-refractivity contribution in [2.24, 2.45) is 5.73 Å². The first-order valence-electron chi connectivity index (χ1n) is 7.54. The average Bonchev–Trinajstić information content (AvgIpc) is 2.54. The number of hydrogen-bond donors (Lipinski definition) is 2. The molecule has 0 saturated carbocycles. The number of nitrogens with one attached hydrogen (secondary N) is 1. The van der Waals surface area contributed by atoms with Gasteiger partial charge in [0.05, 0.1) is 6.61 Å². The summed E-state index contributed by atoms with van der Waals surface area (Å²) in [6.07, 6.45) is 0.301. The Morgan fingerprint density at radius 3 is 2.56 bits per heavy atom. The zero-order valence-electron chi connectivity index (χ0n) is 13.5. The van der Waals surface area contributed by atoms with Crippen LogP contribution in [-0.4, -0.2) is 29.5 Å². The highest BCUT2D eigenvalue weighted by Crippen LogP contribution is 2.17. The number of nitrogens with zero attached hydrogens (tertiary/aromatic N) is 1. The molecule has 2 rings (SSSR count). The van der Waals surface area contributed by atoms with Gasteiger partial charge in [-0.3, -0.25) is 9.59 Å². The van der Waals surface area contributed by atoms with Gasteiger partial charge in [0.25, 0.3) is 5.91 Å². The fourth-order valence-electron chi connectivity index (χ4n) is 2.16. The van der Waals surface area contributed by atoms with Crippen molar-refractivity contribution in [2.75, 3.05) is 11.9 Å². The molecule has 0 aliphatic rings. The van der Waals surface area contributed by atoms with Crippen molar-refractivity contribution < 1.29 is 14.3 Å². The first kappa shape index (κ1) is 19.2. The molecule has 0 aliphatic carbocycles. The fraction of sp³-hybridized carbons (Fsp3) is 0.235. The lowest BCUT2D eigenvalue weighted by Crippen LogP contribution is -2.34. The van der Waals surface area contributed by atoms with Crippen molar-refractivity contribution in [1.29, 1.82) is 0 Å². The Balaban J connectivity index is 2.08. The minimum Gasteiger partial charge on any atom is -0.465 e. The van der Waals surface area contributed by atoms with E-state index in [1.807, 2.05) is 6.07 Å². The molecule has 132 valence electrons. The number of ether oxygens (including phenoxy) is 1. The van der Waals surface area contributed by atoms with E-state index in [0.29, 0.717) is 17.7 Å². The summed E-state index contributed by atoms with van der Waals surface area (Å²) in [6, 6.07) is 9.11. The second kappa shape index (κ2) is 8.80. The Bertz CT molecular complexity index is 763. The van der Waals surface area contributed by atoms with Gasteiger partial charge in [-0.25, -0.2) is 4.98 Å². The average molecular weight is 382 g/mol. The molecule has 1 atom stereocenters. The second-order valence-electron chi connectivity index (χ2n) is 5.22. The number of carbonyl (C=O) groups is 2. The number of nitrogens with two attached hydrogens (primary N) is 1.